The zero-order chi connectivity index (χ0) is 10.5. The summed E-state index contributed by atoms with van der Waals surface area (Å²) in [5.74, 6) is 0. The van der Waals surface area contributed by atoms with Gasteiger partial charge in [0.05, 0.1) is 33.0 Å². The second-order valence-electron chi connectivity index (χ2n) is 2.28. The first kappa shape index (κ1) is 13.2. The van der Waals surface area contributed by atoms with Gasteiger partial charge in [-0.2, -0.15) is 0 Å². The highest BCUT2D eigenvalue weighted by atomic mass is 16.5. The maximum Gasteiger partial charge on any atom is 0.126 e. The van der Waals surface area contributed by atoms with E-state index in [-0.39, 0.29) is 6.73 Å². The van der Waals surface area contributed by atoms with Crippen molar-refractivity contribution in [3.63, 3.8) is 0 Å². The van der Waals surface area contributed by atoms with Crippen LogP contribution in [-0.2, 0) is 14.2 Å². The molecular formula is C7H16N4O3. The van der Waals surface area contributed by atoms with E-state index in [0.717, 1.165) is 0 Å². The van der Waals surface area contributed by atoms with Crippen LogP contribution < -0.4 is 5.73 Å². The van der Waals surface area contributed by atoms with E-state index in [0.29, 0.717) is 39.6 Å². The van der Waals surface area contributed by atoms with E-state index in [2.05, 4.69) is 10.0 Å². The largest absolute Gasteiger partial charge is 0.378 e. The summed E-state index contributed by atoms with van der Waals surface area (Å²) >= 11 is 0. The van der Waals surface area contributed by atoms with Crippen LogP contribution in [0.2, 0.25) is 0 Å². The fourth-order valence-corrected chi connectivity index (χ4v) is 0.654. The van der Waals surface area contributed by atoms with Crippen molar-refractivity contribution in [2.24, 2.45) is 10.8 Å². The van der Waals surface area contributed by atoms with E-state index in [1.54, 1.807) is 0 Å². The predicted molar refractivity (Wildman–Crippen MR) is 50.7 cm³/mol. The molecule has 0 unspecified atom stereocenters. The normalized spacial score (nSPS) is 9.79. The Morgan fingerprint density at radius 3 is 2.14 bits per heavy atom. The second kappa shape index (κ2) is 12.2. The van der Waals surface area contributed by atoms with Crippen molar-refractivity contribution in [2.45, 2.75) is 0 Å². The van der Waals surface area contributed by atoms with Crippen molar-refractivity contribution in [1.82, 2.24) is 0 Å². The monoisotopic (exact) mass is 204 g/mol. The smallest absolute Gasteiger partial charge is 0.126 e. The molecule has 0 bridgehead atoms. The Morgan fingerprint density at radius 1 is 1.00 bits per heavy atom. The molecule has 0 amide bonds. The summed E-state index contributed by atoms with van der Waals surface area (Å²) in [6.45, 7) is 3.05. The van der Waals surface area contributed by atoms with Gasteiger partial charge in [0.1, 0.15) is 6.73 Å². The molecule has 7 heteroatoms. The van der Waals surface area contributed by atoms with Gasteiger partial charge in [-0.15, -0.1) is 0 Å². The molecule has 0 aromatic heterocycles. The van der Waals surface area contributed by atoms with Gasteiger partial charge < -0.3 is 19.9 Å². The molecule has 2 N–H and O–H groups in total. The average Bonchev–Trinajstić information content (AvgIpc) is 2.21. The van der Waals surface area contributed by atoms with Crippen LogP contribution in [0.15, 0.2) is 5.11 Å². The van der Waals surface area contributed by atoms with Crippen molar-refractivity contribution in [2.75, 3.05) is 46.3 Å². The first-order chi connectivity index (χ1) is 6.91. The molecule has 0 fully saturated rings. The molecule has 0 saturated carbocycles. The van der Waals surface area contributed by atoms with Crippen LogP contribution in [0.5, 0.6) is 0 Å². The standard InChI is InChI=1S/C7H16N4O3/c8-1-2-12-3-4-13-5-6-14-7-10-11-9/h1-8H2. The molecule has 0 saturated heterocycles. The molecule has 0 atom stereocenters. The highest BCUT2D eigenvalue weighted by molar-refractivity contribution is 4.37. The first-order valence-corrected chi connectivity index (χ1v) is 4.36. The van der Waals surface area contributed by atoms with Gasteiger partial charge in [-0.3, -0.25) is 0 Å². The topological polar surface area (TPSA) is 102 Å². The van der Waals surface area contributed by atoms with Crippen LogP contribution in [-0.4, -0.2) is 46.3 Å². The lowest BCUT2D eigenvalue weighted by molar-refractivity contribution is 0.0173. The van der Waals surface area contributed by atoms with E-state index in [9.17, 15) is 0 Å². The number of azide groups is 1. The van der Waals surface area contributed by atoms with Crippen LogP contribution >= 0.6 is 0 Å². The third-order valence-corrected chi connectivity index (χ3v) is 1.22. The molecule has 82 valence electrons. The number of rotatable bonds is 10. The quantitative estimate of drug-likeness (QED) is 0.238. The van der Waals surface area contributed by atoms with Gasteiger partial charge in [0.2, 0.25) is 0 Å². The molecule has 0 aromatic carbocycles. The van der Waals surface area contributed by atoms with E-state index in [1.165, 1.54) is 0 Å². The van der Waals surface area contributed by atoms with E-state index in [1.807, 2.05) is 0 Å². The summed E-state index contributed by atoms with van der Waals surface area (Å²) < 4.78 is 15.1. The molecule has 0 rings (SSSR count). The minimum Gasteiger partial charge on any atom is -0.378 e. The zero-order valence-electron chi connectivity index (χ0n) is 8.09. The molecule has 7 nitrogen and oxygen atoms in total. The summed E-state index contributed by atoms with van der Waals surface area (Å²) in [5.41, 5.74) is 13.1. The Bertz CT molecular complexity index is 161. The summed E-state index contributed by atoms with van der Waals surface area (Å²) in [7, 11) is 0. The van der Waals surface area contributed by atoms with Gasteiger partial charge in [-0.25, -0.2) is 0 Å². The minimum absolute atomic E-state index is 0.0452. The molecule has 0 aliphatic rings. The third-order valence-electron chi connectivity index (χ3n) is 1.22. The fraction of sp³-hybridized carbons (Fsp3) is 1.00. The predicted octanol–water partition coefficient (Wildman–Crippen LogP) is 0.263. The highest BCUT2D eigenvalue weighted by Crippen LogP contribution is 1.81. The third kappa shape index (κ3) is 11.2. The zero-order valence-corrected chi connectivity index (χ0v) is 8.09. The van der Waals surface area contributed by atoms with Gasteiger partial charge in [0.25, 0.3) is 0 Å². The maximum atomic E-state index is 7.91. The van der Waals surface area contributed by atoms with Crippen LogP contribution in [0, 0.1) is 0 Å². The van der Waals surface area contributed by atoms with Crippen LogP contribution in [0.25, 0.3) is 10.4 Å². The van der Waals surface area contributed by atoms with Crippen molar-refractivity contribution >= 4 is 0 Å². The van der Waals surface area contributed by atoms with Gasteiger partial charge in [-0.1, -0.05) is 5.11 Å². The second-order valence-corrected chi connectivity index (χ2v) is 2.28. The summed E-state index contributed by atoms with van der Waals surface area (Å²) in [5, 5.41) is 3.19. The van der Waals surface area contributed by atoms with Crippen molar-refractivity contribution in [1.29, 1.82) is 0 Å². The lowest BCUT2D eigenvalue weighted by atomic mass is 10.7. The molecule has 0 spiro atoms. The average molecular weight is 204 g/mol. The number of hydrogen-bond acceptors (Lipinski definition) is 5. The van der Waals surface area contributed by atoms with Crippen LogP contribution in [0.1, 0.15) is 0 Å². The fourth-order valence-electron chi connectivity index (χ4n) is 0.654. The summed E-state index contributed by atoms with van der Waals surface area (Å²) in [6, 6.07) is 0. The van der Waals surface area contributed by atoms with Crippen molar-refractivity contribution in [3.05, 3.63) is 10.4 Å². The Labute approximate surface area is 82.7 Å². The minimum atomic E-state index is 0.0452. The van der Waals surface area contributed by atoms with Gasteiger partial charge in [0, 0.05) is 11.5 Å². The molecular weight excluding hydrogens is 188 g/mol. The summed E-state index contributed by atoms with van der Waals surface area (Å²) in [6.07, 6.45) is 0. The van der Waals surface area contributed by atoms with E-state index < -0.39 is 0 Å². The Morgan fingerprint density at radius 2 is 1.57 bits per heavy atom. The van der Waals surface area contributed by atoms with Crippen molar-refractivity contribution < 1.29 is 14.2 Å². The molecule has 0 radical (unpaired) electrons. The number of nitrogens with two attached hydrogens (primary N) is 1. The number of nitrogens with zero attached hydrogens (tertiary/aromatic N) is 3. The molecule has 0 heterocycles. The lowest BCUT2D eigenvalue weighted by Gasteiger charge is -2.04. The highest BCUT2D eigenvalue weighted by Gasteiger charge is 1.89. The molecule has 14 heavy (non-hydrogen) atoms. The lowest BCUT2D eigenvalue weighted by Crippen LogP contribution is -2.13. The van der Waals surface area contributed by atoms with E-state index in [4.69, 9.17) is 25.5 Å². The van der Waals surface area contributed by atoms with Gasteiger partial charge in [0.15, 0.2) is 0 Å². The van der Waals surface area contributed by atoms with Gasteiger partial charge in [-0.05, 0) is 5.53 Å². The molecule has 0 aliphatic carbocycles. The molecule has 0 aromatic rings. The Hall–Kier alpha value is -0.850. The van der Waals surface area contributed by atoms with Crippen molar-refractivity contribution in [3.8, 4) is 0 Å². The Balaban J connectivity index is 2.88. The first-order valence-electron chi connectivity index (χ1n) is 4.36. The maximum absolute atomic E-state index is 7.91. The van der Waals surface area contributed by atoms with Crippen LogP contribution in [0.3, 0.4) is 0 Å². The van der Waals surface area contributed by atoms with E-state index >= 15 is 0 Å². The molecule has 0 aliphatic heterocycles. The number of ether oxygens (including phenoxy) is 3. The summed E-state index contributed by atoms with van der Waals surface area (Å²) in [4.78, 5) is 2.53. The van der Waals surface area contributed by atoms with Gasteiger partial charge >= 0.3 is 0 Å². The van der Waals surface area contributed by atoms with Crippen LogP contribution in [0.4, 0.5) is 0 Å². The number of hydrogen-bond donors (Lipinski definition) is 1. The Kier molecular flexibility index (Phi) is 11.4. The SMILES string of the molecule is [N-]=[N+]=NCOCCOCCOCCN.